The van der Waals surface area contributed by atoms with Gasteiger partial charge in [0.25, 0.3) is 0 Å². The Morgan fingerprint density at radius 1 is 0.542 bits per heavy atom. The number of fused-ring (bicyclic) bond motifs is 1. The lowest BCUT2D eigenvalue weighted by Gasteiger charge is -2.27. The summed E-state index contributed by atoms with van der Waals surface area (Å²) in [5.74, 6) is -1.74. The van der Waals surface area contributed by atoms with Crippen LogP contribution in [0.5, 0.6) is 5.75 Å². The van der Waals surface area contributed by atoms with Crippen LogP contribution >= 0.6 is 0 Å². The first-order valence-electron chi connectivity index (χ1n) is 28.2. The molecule has 0 radical (unpaired) electrons. The molecule has 2 aromatic heterocycles. The summed E-state index contributed by atoms with van der Waals surface area (Å²) in [6.45, 7) is -16.3. The van der Waals surface area contributed by atoms with Crippen molar-refractivity contribution in [3.8, 4) is 67.5 Å². The molecule has 0 bridgehead atoms. The lowest BCUT2D eigenvalue weighted by Crippen LogP contribution is -2.17. The maximum atomic E-state index is 12.8. The molecule has 0 atom stereocenters. The van der Waals surface area contributed by atoms with Gasteiger partial charge in [0.2, 0.25) is 0 Å². The summed E-state index contributed by atoms with van der Waals surface area (Å²) in [5.41, 5.74) is -3.23. The Balaban J connectivity index is 1.55. The van der Waals surface area contributed by atoms with E-state index in [9.17, 15) is 5.11 Å². The minimum absolute atomic E-state index is 0.196. The van der Waals surface area contributed by atoms with E-state index in [4.69, 9.17) is 34.6 Å². The number of nitrogens with zero attached hydrogens (tertiary/aromatic N) is 3. The molecule has 0 saturated heterocycles. The van der Waals surface area contributed by atoms with Crippen LogP contribution < -0.4 is 0 Å². The van der Waals surface area contributed by atoms with Crippen molar-refractivity contribution in [2.24, 2.45) is 0 Å². The second kappa shape index (κ2) is 14.8. The minimum Gasteiger partial charge on any atom is -0.507 e. The van der Waals surface area contributed by atoms with E-state index in [2.05, 4.69) is 0 Å². The largest absolute Gasteiger partial charge is 0.507 e. The highest BCUT2D eigenvalue weighted by molar-refractivity contribution is 5.97. The van der Waals surface area contributed by atoms with Gasteiger partial charge in [-0.25, -0.2) is 4.98 Å². The van der Waals surface area contributed by atoms with E-state index in [1.165, 1.54) is 4.57 Å². The van der Waals surface area contributed by atoms with Crippen LogP contribution in [0.4, 0.5) is 0 Å². The first-order valence-corrected chi connectivity index (χ1v) is 19.2. The van der Waals surface area contributed by atoms with Gasteiger partial charge in [0.05, 0.1) is 22.3 Å². The van der Waals surface area contributed by atoms with Crippen molar-refractivity contribution < 1.29 is 29.8 Å². The number of hydrogen-bond acceptors (Lipinski definition) is 3. The molecule has 4 nitrogen and oxygen atoms in total. The van der Waals surface area contributed by atoms with Gasteiger partial charge in [-0.1, -0.05) is 158 Å². The Labute approximate surface area is 375 Å². The highest BCUT2D eigenvalue weighted by atomic mass is 16.3. The quantitative estimate of drug-likeness (QED) is 0.182. The average Bonchev–Trinajstić information content (AvgIpc) is 3.86. The zero-order valence-electron chi connectivity index (χ0n) is 51.1. The van der Waals surface area contributed by atoms with Gasteiger partial charge in [-0.2, -0.15) is 0 Å². The fourth-order valence-electron chi connectivity index (χ4n) is 7.39. The zero-order valence-corrected chi connectivity index (χ0v) is 33.1. The molecule has 0 unspecified atom stereocenters. The predicted molar refractivity (Wildman–Crippen MR) is 249 cm³/mol. The molecular weight excluding hydrogens is 719 g/mol. The predicted octanol–water partition coefficient (Wildman–Crippen LogP) is 14.7. The molecule has 0 aliphatic carbocycles. The number of pyridine rings is 1. The number of imidazole rings is 1. The molecule has 0 aliphatic heterocycles. The minimum atomic E-state index is -4.11. The zero-order chi connectivity index (χ0) is 56.9. The topological polar surface area (TPSA) is 50.9 Å². The van der Waals surface area contributed by atoms with E-state index in [0.29, 0.717) is 40.2 Å². The van der Waals surface area contributed by atoms with Crippen LogP contribution in [0.2, 0.25) is 0 Å². The Morgan fingerprint density at radius 3 is 1.88 bits per heavy atom. The third-order valence-corrected chi connectivity index (χ3v) is 10.7. The average molecular weight is 792 g/mol. The fraction of sp³-hybridized carbons (Fsp3) is 0.236. The van der Waals surface area contributed by atoms with Gasteiger partial charge >= 0.3 is 0 Å². The number of benzene rings is 6. The number of phenols is 1. The number of para-hydroxylation sites is 1. The van der Waals surface area contributed by atoms with E-state index >= 15 is 0 Å². The number of aromatic hydroxyl groups is 1. The molecule has 4 heteroatoms. The van der Waals surface area contributed by atoms with Crippen LogP contribution in [0.1, 0.15) is 109 Å². The van der Waals surface area contributed by atoms with Crippen LogP contribution in [0, 0.1) is 6.92 Å². The molecule has 0 spiro atoms. The van der Waals surface area contributed by atoms with E-state index in [1.54, 1.807) is 48.7 Å². The van der Waals surface area contributed by atoms with Crippen LogP contribution in [0.15, 0.2) is 146 Å². The van der Waals surface area contributed by atoms with Crippen molar-refractivity contribution in [1.29, 1.82) is 0 Å². The normalized spacial score (nSPS) is 18.1. The maximum Gasteiger partial charge on any atom is 0.149 e. The highest BCUT2D eigenvalue weighted by Gasteiger charge is 2.29. The second-order valence-corrected chi connectivity index (χ2v) is 16.1. The van der Waals surface area contributed by atoms with Gasteiger partial charge in [-0.3, -0.25) is 9.55 Å². The molecule has 296 valence electrons. The first-order chi connectivity index (χ1) is 35.5. The second-order valence-electron chi connectivity index (χ2n) is 16.1. The number of aryl methyl sites for hydroxylation is 1. The lowest BCUT2D eigenvalue weighted by molar-refractivity contribution is 0.446. The number of phenolic OH excluding ortho intramolecular Hbond substituents is 1. The molecular formula is C55H55N3O. The Hall–Kier alpha value is -6.26. The molecule has 1 N–H and O–H groups in total. The summed E-state index contributed by atoms with van der Waals surface area (Å²) in [6, 6.07) is 40.3. The number of rotatable bonds is 6. The monoisotopic (exact) mass is 792 g/mol. The van der Waals surface area contributed by atoms with Crippen molar-refractivity contribution in [3.05, 3.63) is 168 Å². The van der Waals surface area contributed by atoms with Gasteiger partial charge in [-0.05, 0) is 111 Å². The van der Waals surface area contributed by atoms with Gasteiger partial charge in [-0.15, -0.1) is 0 Å². The van der Waals surface area contributed by atoms with E-state index in [1.807, 2.05) is 113 Å². The van der Waals surface area contributed by atoms with Crippen LogP contribution in [-0.2, 0) is 16.2 Å². The summed E-state index contributed by atoms with van der Waals surface area (Å²) in [5, 5.41) is 12.8. The third-order valence-electron chi connectivity index (χ3n) is 10.7. The molecule has 0 saturated carbocycles. The summed E-state index contributed by atoms with van der Waals surface area (Å²) in [6.07, 6.45) is 1.72. The SMILES string of the molecule is [2H]C([2H])([2H])C(c1cc(-c2nc3c(-c4cc(-c5cc(-c6ccc(C)cc6)ccn5)cc(C(C)(C)C)c4)cccc3n2-c2ccc(-c3ccccc3)cc2)c(O)c(C(C([2H])([2H])[2H])(C([2H])([2H])[2H])C([2H])([2H])[2H])c1)(C([2H])([2H])[2H])C([2H])([2H])[2H]. The summed E-state index contributed by atoms with van der Waals surface area (Å²) < 4.78 is 158. The molecule has 2 heterocycles. The standard InChI is InChI=1S/C55H55N3O/c1-35-19-21-38(22-20-35)39-27-28-56-48(32-39)41-29-40(30-42(31-41)53(2,3)4)45-17-14-18-49-50(45)57-52(46-33-43(54(5,6)7)34-47(51(46)59)55(8,9)10)58(49)44-25-23-37(24-26-44)36-15-12-11-13-16-36/h11-34,59H,1-10H3/i5D3,6D3,7D3,8D3,9D3,10D3. The Morgan fingerprint density at radius 2 is 1.19 bits per heavy atom. The van der Waals surface area contributed by atoms with Crippen LogP contribution in [0.25, 0.3) is 72.7 Å². The summed E-state index contributed by atoms with van der Waals surface area (Å²) in [4.78, 5) is 9.88. The van der Waals surface area contributed by atoms with Crippen molar-refractivity contribution in [2.75, 3.05) is 0 Å². The fourth-order valence-corrected chi connectivity index (χ4v) is 7.39. The lowest BCUT2D eigenvalue weighted by atomic mass is 9.79. The smallest absolute Gasteiger partial charge is 0.149 e. The van der Waals surface area contributed by atoms with E-state index in [-0.39, 0.29) is 5.52 Å². The van der Waals surface area contributed by atoms with Gasteiger partial charge < -0.3 is 5.11 Å². The molecule has 0 amide bonds. The molecule has 6 aromatic carbocycles. The molecule has 8 aromatic rings. The maximum absolute atomic E-state index is 12.8. The third kappa shape index (κ3) is 7.84. The van der Waals surface area contributed by atoms with Gasteiger partial charge in [0.15, 0.2) is 0 Å². The summed E-state index contributed by atoms with van der Waals surface area (Å²) in [7, 11) is 0. The highest BCUT2D eigenvalue weighted by Crippen LogP contribution is 2.45. The van der Waals surface area contributed by atoms with Crippen molar-refractivity contribution >= 4 is 11.0 Å². The molecule has 0 aliphatic rings. The van der Waals surface area contributed by atoms with Crippen LogP contribution in [-0.4, -0.2) is 19.6 Å². The molecule has 59 heavy (non-hydrogen) atoms. The van der Waals surface area contributed by atoms with Gasteiger partial charge in [0, 0.05) is 53.2 Å². The van der Waals surface area contributed by atoms with Crippen molar-refractivity contribution in [1.82, 2.24) is 14.5 Å². The van der Waals surface area contributed by atoms with E-state index in [0.717, 1.165) is 38.9 Å². The van der Waals surface area contributed by atoms with Gasteiger partial charge in [0.1, 0.15) is 11.6 Å². The van der Waals surface area contributed by atoms with Crippen molar-refractivity contribution in [2.45, 2.75) is 85.1 Å². The first kappa shape index (κ1) is 23.4. The molecule has 8 rings (SSSR count). The Bertz CT molecular complexity index is 3410. The summed E-state index contributed by atoms with van der Waals surface area (Å²) >= 11 is 0. The van der Waals surface area contributed by atoms with Crippen LogP contribution in [0.3, 0.4) is 0 Å². The number of hydrogen-bond donors (Lipinski definition) is 1. The molecule has 0 fully saturated rings. The van der Waals surface area contributed by atoms with Crippen molar-refractivity contribution in [3.63, 3.8) is 0 Å². The Kier molecular flexibility index (Phi) is 5.88. The number of aromatic nitrogens is 3. The van der Waals surface area contributed by atoms with E-state index < -0.39 is 85.6 Å².